The number of likely N-dealkylation sites (N-methyl/N-ethyl adjacent to an activating group) is 1. The Labute approximate surface area is 117 Å². The molecule has 1 aromatic rings. The topological polar surface area (TPSA) is 21.3 Å². The van der Waals surface area contributed by atoms with E-state index < -0.39 is 0 Å². The maximum Gasteiger partial charge on any atom is 0.0872 e. The molecule has 2 nitrogen and oxygen atoms in total. The molecule has 1 aliphatic rings. The number of rotatable bonds is 5. The van der Waals surface area contributed by atoms with Gasteiger partial charge in [0.1, 0.15) is 0 Å². The summed E-state index contributed by atoms with van der Waals surface area (Å²) in [5.41, 5.74) is 2.73. The molecule has 1 aromatic carbocycles. The summed E-state index contributed by atoms with van der Waals surface area (Å²) in [5.74, 6) is 0. The second-order valence-corrected chi connectivity index (χ2v) is 5.68. The second-order valence-electron chi connectivity index (χ2n) is 5.68. The molecule has 1 aliphatic carbocycles. The minimum atomic E-state index is -0.0274. The largest absolute Gasteiger partial charge is 0.376 e. The molecule has 19 heavy (non-hydrogen) atoms. The van der Waals surface area contributed by atoms with E-state index in [0.717, 1.165) is 19.4 Å². The van der Waals surface area contributed by atoms with Crippen molar-refractivity contribution in [1.82, 2.24) is 5.32 Å². The van der Waals surface area contributed by atoms with Gasteiger partial charge < -0.3 is 10.1 Å². The third-order valence-corrected chi connectivity index (χ3v) is 4.54. The van der Waals surface area contributed by atoms with Gasteiger partial charge in [0.05, 0.1) is 11.6 Å². The van der Waals surface area contributed by atoms with E-state index in [-0.39, 0.29) is 5.60 Å². The van der Waals surface area contributed by atoms with E-state index in [1.807, 2.05) is 7.11 Å². The SMILES string of the molecule is CCNC(c1ccccc1C)C1(OC)CCCCC1. The minimum Gasteiger partial charge on any atom is -0.376 e. The molecular formula is C17H27NO. The van der Waals surface area contributed by atoms with Gasteiger partial charge in [0, 0.05) is 7.11 Å². The van der Waals surface area contributed by atoms with Crippen molar-refractivity contribution in [3.8, 4) is 0 Å². The highest BCUT2D eigenvalue weighted by Crippen LogP contribution is 2.41. The molecule has 0 spiro atoms. The molecule has 0 saturated heterocycles. The highest BCUT2D eigenvalue weighted by atomic mass is 16.5. The summed E-state index contributed by atoms with van der Waals surface area (Å²) in [7, 11) is 1.88. The van der Waals surface area contributed by atoms with E-state index in [9.17, 15) is 0 Å². The van der Waals surface area contributed by atoms with Gasteiger partial charge in [0.2, 0.25) is 0 Å². The van der Waals surface area contributed by atoms with Gasteiger partial charge in [-0.15, -0.1) is 0 Å². The average Bonchev–Trinajstić information content (AvgIpc) is 2.46. The van der Waals surface area contributed by atoms with Crippen molar-refractivity contribution in [2.24, 2.45) is 0 Å². The van der Waals surface area contributed by atoms with Crippen molar-refractivity contribution in [2.75, 3.05) is 13.7 Å². The lowest BCUT2D eigenvalue weighted by Gasteiger charge is -2.43. The predicted molar refractivity (Wildman–Crippen MR) is 80.4 cm³/mol. The Morgan fingerprint density at radius 2 is 1.89 bits per heavy atom. The highest BCUT2D eigenvalue weighted by molar-refractivity contribution is 5.31. The Hall–Kier alpha value is -0.860. The Kier molecular flexibility index (Phi) is 5.00. The number of hydrogen-bond acceptors (Lipinski definition) is 2. The van der Waals surface area contributed by atoms with Gasteiger partial charge in [0.15, 0.2) is 0 Å². The third-order valence-electron chi connectivity index (χ3n) is 4.54. The average molecular weight is 261 g/mol. The van der Waals surface area contributed by atoms with Crippen LogP contribution in [0.1, 0.15) is 56.2 Å². The molecule has 0 radical (unpaired) electrons. The summed E-state index contributed by atoms with van der Waals surface area (Å²) in [6.45, 7) is 5.35. The molecule has 0 aromatic heterocycles. The van der Waals surface area contributed by atoms with Crippen LogP contribution in [0, 0.1) is 6.92 Å². The number of hydrogen-bond donors (Lipinski definition) is 1. The summed E-state index contributed by atoms with van der Waals surface area (Å²) in [5, 5.41) is 3.68. The normalized spacial score (nSPS) is 20.2. The fourth-order valence-electron chi connectivity index (χ4n) is 3.46. The zero-order chi connectivity index (χ0) is 13.7. The maximum atomic E-state index is 6.04. The Morgan fingerprint density at radius 1 is 1.21 bits per heavy atom. The van der Waals surface area contributed by atoms with Crippen LogP contribution in [0.5, 0.6) is 0 Å². The van der Waals surface area contributed by atoms with E-state index in [2.05, 4.69) is 43.4 Å². The van der Waals surface area contributed by atoms with Gasteiger partial charge >= 0.3 is 0 Å². The highest BCUT2D eigenvalue weighted by Gasteiger charge is 2.40. The molecule has 1 unspecified atom stereocenters. The number of methoxy groups -OCH3 is 1. The molecule has 0 amide bonds. The standard InChI is InChI=1S/C17H27NO/c1-4-18-16(15-11-7-6-10-14(15)2)17(19-3)12-8-5-9-13-17/h6-7,10-11,16,18H,4-5,8-9,12-13H2,1-3H3. The molecule has 0 aliphatic heterocycles. The van der Waals surface area contributed by atoms with Crippen LogP contribution in [-0.2, 0) is 4.74 Å². The third kappa shape index (κ3) is 3.01. The first-order valence-electron chi connectivity index (χ1n) is 7.57. The fourth-order valence-corrected chi connectivity index (χ4v) is 3.46. The van der Waals surface area contributed by atoms with Crippen LogP contribution < -0.4 is 5.32 Å². The Balaban J connectivity index is 2.35. The first-order valence-corrected chi connectivity index (χ1v) is 7.57. The van der Waals surface area contributed by atoms with Crippen LogP contribution in [0.3, 0.4) is 0 Å². The Bertz CT molecular complexity index is 396. The van der Waals surface area contributed by atoms with Crippen LogP contribution in [0.4, 0.5) is 0 Å². The maximum absolute atomic E-state index is 6.04. The van der Waals surface area contributed by atoms with Crippen molar-refractivity contribution in [3.05, 3.63) is 35.4 Å². The lowest BCUT2D eigenvalue weighted by Crippen LogP contribution is -2.47. The quantitative estimate of drug-likeness (QED) is 0.865. The van der Waals surface area contributed by atoms with Gasteiger partial charge in [-0.25, -0.2) is 0 Å². The molecule has 1 N–H and O–H groups in total. The smallest absolute Gasteiger partial charge is 0.0872 e. The molecule has 0 bridgehead atoms. The van der Waals surface area contributed by atoms with Crippen LogP contribution in [0.2, 0.25) is 0 Å². The second kappa shape index (κ2) is 6.53. The summed E-state index contributed by atoms with van der Waals surface area (Å²) >= 11 is 0. The number of nitrogens with one attached hydrogen (secondary N) is 1. The van der Waals surface area contributed by atoms with Gasteiger partial charge in [-0.2, -0.15) is 0 Å². The lowest BCUT2D eigenvalue weighted by atomic mass is 9.75. The summed E-state index contributed by atoms with van der Waals surface area (Å²) in [6.07, 6.45) is 6.23. The predicted octanol–water partition coefficient (Wildman–Crippen LogP) is 3.99. The summed E-state index contributed by atoms with van der Waals surface area (Å²) in [4.78, 5) is 0. The van der Waals surface area contributed by atoms with Crippen molar-refractivity contribution >= 4 is 0 Å². The zero-order valence-electron chi connectivity index (χ0n) is 12.5. The molecule has 1 fully saturated rings. The van der Waals surface area contributed by atoms with Crippen LogP contribution in [0.15, 0.2) is 24.3 Å². The summed E-state index contributed by atoms with van der Waals surface area (Å²) < 4.78 is 6.04. The van der Waals surface area contributed by atoms with Gasteiger partial charge in [0.25, 0.3) is 0 Å². The summed E-state index contributed by atoms with van der Waals surface area (Å²) in [6, 6.07) is 9.01. The van der Waals surface area contributed by atoms with Crippen LogP contribution in [0.25, 0.3) is 0 Å². The van der Waals surface area contributed by atoms with Crippen molar-refractivity contribution in [2.45, 2.75) is 57.6 Å². The van der Waals surface area contributed by atoms with Crippen LogP contribution in [-0.4, -0.2) is 19.3 Å². The van der Waals surface area contributed by atoms with E-state index in [0.29, 0.717) is 6.04 Å². The number of aryl methyl sites for hydroxylation is 1. The van der Waals surface area contributed by atoms with Gasteiger partial charge in [-0.3, -0.25) is 0 Å². The van der Waals surface area contributed by atoms with E-state index in [1.165, 1.54) is 30.4 Å². The molecular weight excluding hydrogens is 234 g/mol. The van der Waals surface area contributed by atoms with Gasteiger partial charge in [-0.1, -0.05) is 50.5 Å². The monoisotopic (exact) mass is 261 g/mol. The number of benzene rings is 1. The van der Waals surface area contributed by atoms with Crippen molar-refractivity contribution in [1.29, 1.82) is 0 Å². The molecule has 0 heterocycles. The fraction of sp³-hybridized carbons (Fsp3) is 0.647. The Morgan fingerprint density at radius 3 is 2.47 bits per heavy atom. The van der Waals surface area contributed by atoms with E-state index >= 15 is 0 Å². The molecule has 106 valence electrons. The van der Waals surface area contributed by atoms with Crippen molar-refractivity contribution < 1.29 is 4.74 Å². The minimum absolute atomic E-state index is 0.0274. The number of ether oxygens (including phenoxy) is 1. The molecule has 2 heteroatoms. The lowest BCUT2D eigenvalue weighted by molar-refractivity contribution is -0.0685. The van der Waals surface area contributed by atoms with Crippen molar-refractivity contribution in [3.63, 3.8) is 0 Å². The van der Waals surface area contributed by atoms with Crippen LogP contribution >= 0.6 is 0 Å². The molecule has 1 saturated carbocycles. The van der Waals surface area contributed by atoms with E-state index in [1.54, 1.807) is 0 Å². The molecule has 2 rings (SSSR count). The van der Waals surface area contributed by atoms with Gasteiger partial charge in [-0.05, 0) is 37.4 Å². The molecule has 1 atom stereocenters. The first-order chi connectivity index (χ1) is 9.23. The van der Waals surface area contributed by atoms with E-state index in [4.69, 9.17) is 4.74 Å². The first kappa shape index (κ1) is 14.5. The zero-order valence-corrected chi connectivity index (χ0v) is 12.5.